The summed E-state index contributed by atoms with van der Waals surface area (Å²) in [4.78, 5) is 9.77. The topological polar surface area (TPSA) is 30.7 Å². The van der Waals surface area contributed by atoms with Crippen LogP contribution in [-0.2, 0) is 20.1 Å². The third kappa shape index (κ3) is 2.91. The number of aromatic nitrogens is 3. The number of imidazole rings is 1. The Kier molecular flexibility index (Phi) is 4.92. The number of benzene rings is 3. The Labute approximate surface area is 181 Å². The van der Waals surface area contributed by atoms with Gasteiger partial charge >= 0.3 is 0 Å². The van der Waals surface area contributed by atoms with E-state index in [4.69, 9.17) is 9.97 Å². The first-order chi connectivity index (χ1) is 13.1. The van der Waals surface area contributed by atoms with Crippen LogP contribution in [0, 0.1) is 26.8 Å². The number of para-hydroxylation sites is 3. The number of hydrogen-bond donors (Lipinski definition) is 0. The van der Waals surface area contributed by atoms with Gasteiger partial charge in [-0.15, -0.1) is 29.5 Å². The fourth-order valence-electron chi connectivity index (χ4n) is 3.75. The molecule has 0 atom stereocenters. The number of aryl methyl sites for hydroxylation is 3. The van der Waals surface area contributed by atoms with Crippen LogP contribution in [0.25, 0.3) is 38.3 Å². The van der Waals surface area contributed by atoms with E-state index in [-0.39, 0.29) is 20.1 Å². The SMILES string of the molecule is Cc1nc2c(-c3nc4ccccc4n3-c3c(C)cccc3C)[c-]ccc2s1.[Ir]. The van der Waals surface area contributed by atoms with Crippen LogP contribution in [0.3, 0.4) is 0 Å². The number of thiazole rings is 1. The molecule has 0 aliphatic rings. The summed E-state index contributed by atoms with van der Waals surface area (Å²) in [5, 5.41) is 1.06. The predicted molar refractivity (Wildman–Crippen MR) is 113 cm³/mol. The fourth-order valence-corrected chi connectivity index (χ4v) is 4.59. The van der Waals surface area contributed by atoms with E-state index in [0.717, 1.165) is 32.9 Å². The molecule has 2 heterocycles. The number of hydrogen-bond acceptors (Lipinski definition) is 3. The zero-order valence-electron chi connectivity index (χ0n) is 15.8. The minimum absolute atomic E-state index is 0. The first-order valence-corrected chi connectivity index (χ1v) is 9.77. The first kappa shape index (κ1) is 19.0. The third-order valence-corrected chi connectivity index (χ3v) is 5.84. The molecule has 0 spiro atoms. The van der Waals surface area contributed by atoms with E-state index >= 15 is 0 Å². The summed E-state index contributed by atoms with van der Waals surface area (Å²) in [6.45, 7) is 6.35. The van der Waals surface area contributed by atoms with E-state index in [1.165, 1.54) is 21.5 Å². The second-order valence-corrected chi connectivity index (χ2v) is 8.03. The molecule has 0 N–H and O–H groups in total. The largest absolute Gasteiger partial charge is 0.333 e. The third-order valence-electron chi connectivity index (χ3n) is 4.91. The summed E-state index contributed by atoms with van der Waals surface area (Å²) in [5.41, 5.74) is 7.63. The van der Waals surface area contributed by atoms with Gasteiger partial charge in [-0.05, 0) is 48.7 Å². The predicted octanol–water partition coefficient (Wildman–Crippen LogP) is 6.03. The van der Waals surface area contributed by atoms with Crippen molar-refractivity contribution < 1.29 is 20.1 Å². The molecule has 0 bridgehead atoms. The molecule has 0 saturated carbocycles. The van der Waals surface area contributed by atoms with Crippen molar-refractivity contribution in [3.05, 3.63) is 76.8 Å². The van der Waals surface area contributed by atoms with Gasteiger partial charge in [-0.25, -0.2) is 0 Å². The molecule has 0 unspecified atom stereocenters. The molecular weight excluding hydrogens is 543 g/mol. The molecule has 0 amide bonds. The standard InChI is InChI=1S/C23H18N3S.Ir/c1-14-8-6-9-15(2)22(14)26-19-12-5-4-11-18(19)25-23(26)17-10-7-13-20-21(17)24-16(3)27-20;/h4-9,11-13H,1-3H3;/q-1;. The summed E-state index contributed by atoms with van der Waals surface area (Å²) >= 11 is 1.71. The Balaban J connectivity index is 0.00000192. The van der Waals surface area contributed by atoms with Crippen LogP contribution in [0.2, 0.25) is 0 Å². The number of rotatable bonds is 2. The van der Waals surface area contributed by atoms with E-state index < -0.39 is 0 Å². The quantitative estimate of drug-likeness (QED) is 0.247. The van der Waals surface area contributed by atoms with Gasteiger partial charge in [0.15, 0.2) is 0 Å². The van der Waals surface area contributed by atoms with E-state index in [1.807, 2.05) is 19.1 Å². The van der Waals surface area contributed by atoms with Crippen molar-refractivity contribution in [3.63, 3.8) is 0 Å². The molecule has 2 aromatic heterocycles. The zero-order valence-corrected chi connectivity index (χ0v) is 19.0. The molecular formula is C23H18IrN3S-. The van der Waals surface area contributed by atoms with Gasteiger partial charge in [-0.1, -0.05) is 35.9 Å². The Bertz CT molecular complexity index is 1300. The summed E-state index contributed by atoms with van der Waals surface area (Å²) in [6.07, 6.45) is 0. The van der Waals surface area contributed by atoms with Crippen molar-refractivity contribution in [1.82, 2.24) is 14.5 Å². The van der Waals surface area contributed by atoms with Gasteiger partial charge in [0.1, 0.15) is 0 Å². The maximum atomic E-state index is 5.00. The minimum atomic E-state index is 0. The molecule has 5 heteroatoms. The average molecular weight is 561 g/mol. The molecule has 3 aromatic carbocycles. The maximum Gasteiger partial charge on any atom is 0.0779 e. The van der Waals surface area contributed by atoms with Gasteiger partial charge in [-0.2, -0.15) is 0 Å². The normalized spacial score (nSPS) is 11.1. The number of fused-ring (bicyclic) bond motifs is 2. The second kappa shape index (κ2) is 7.25. The van der Waals surface area contributed by atoms with Gasteiger partial charge in [0, 0.05) is 31.3 Å². The molecule has 0 saturated heterocycles. The van der Waals surface area contributed by atoms with Gasteiger partial charge in [0.2, 0.25) is 0 Å². The molecule has 0 aliphatic heterocycles. The van der Waals surface area contributed by atoms with Crippen LogP contribution < -0.4 is 0 Å². The molecule has 5 aromatic rings. The van der Waals surface area contributed by atoms with Gasteiger partial charge in [0.25, 0.3) is 0 Å². The summed E-state index contributed by atoms with van der Waals surface area (Å²) in [5.74, 6) is 0.893. The average Bonchev–Trinajstić information content (AvgIpc) is 3.21. The van der Waals surface area contributed by atoms with Crippen LogP contribution in [-0.4, -0.2) is 14.5 Å². The van der Waals surface area contributed by atoms with Gasteiger partial charge in [-0.3, -0.25) is 9.97 Å². The molecule has 141 valence electrons. The van der Waals surface area contributed by atoms with Crippen molar-refractivity contribution in [2.24, 2.45) is 0 Å². The maximum absolute atomic E-state index is 5.00. The van der Waals surface area contributed by atoms with Crippen molar-refractivity contribution in [2.45, 2.75) is 20.8 Å². The van der Waals surface area contributed by atoms with Crippen LogP contribution in [0.1, 0.15) is 16.1 Å². The Morgan fingerprint density at radius 1 is 0.893 bits per heavy atom. The van der Waals surface area contributed by atoms with Gasteiger partial charge < -0.3 is 4.57 Å². The molecule has 5 rings (SSSR count). The molecule has 1 radical (unpaired) electrons. The van der Waals surface area contributed by atoms with Crippen LogP contribution in [0.4, 0.5) is 0 Å². The van der Waals surface area contributed by atoms with Crippen LogP contribution in [0.5, 0.6) is 0 Å². The minimum Gasteiger partial charge on any atom is -0.333 e. The van der Waals surface area contributed by atoms with Crippen molar-refractivity contribution in [3.8, 4) is 17.1 Å². The monoisotopic (exact) mass is 561 g/mol. The summed E-state index contributed by atoms with van der Waals surface area (Å²) < 4.78 is 3.43. The summed E-state index contributed by atoms with van der Waals surface area (Å²) in [6, 6.07) is 22.2. The van der Waals surface area contributed by atoms with E-state index in [1.54, 1.807) is 11.3 Å². The van der Waals surface area contributed by atoms with Crippen LogP contribution in [0.15, 0.2) is 54.6 Å². The van der Waals surface area contributed by atoms with E-state index in [0.29, 0.717) is 0 Å². The Hall–Kier alpha value is -2.33. The summed E-state index contributed by atoms with van der Waals surface area (Å²) in [7, 11) is 0. The van der Waals surface area contributed by atoms with Crippen LogP contribution >= 0.6 is 11.3 Å². The van der Waals surface area contributed by atoms with E-state index in [2.05, 4.69) is 66.9 Å². The zero-order chi connectivity index (χ0) is 18.5. The second-order valence-electron chi connectivity index (χ2n) is 6.80. The first-order valence-electron chi connectivity index (χ1n) is 8.96. The fraction of sp³-hybridized carbons (Fsp3) is 0.130. The molecule has 0 aliphatic carbocycles. The molecule has 0 fully saturated rings. The Morgan fingerprint density at radius 2 is 1.64 bits per heavy atom. The smallest absolute Gasteiger partial charge is 0.0779 e. The Morgan fingerprint density at radius 3 is 2.43 bits per heavy atom. The van der Waals surface area contributed by atoms with Crippen molar-refractivity contribution in [2.75, 3.05) is 0 Å². The molecule has 28 heavy (non-hydrogen) atoms. The van der Waals surface area contributed by atoms with Crippen molar-refractivity contribution in [1.29, 1.82) is 0 Å². The van der Waals surface area contributed by atoms with E-state index in [9.17, 15) is 0 Å². The van der Waals surface area contributed by atoms with Gasteiger partial charge in [0.05, 0.1) is 21.9 Å². The number of nitrogens with zero attached hydrogens (tertiary/aromatic N) is 3. The van der Waals surface area contributed by atoms with Crippen molar-refractivity contribution >= 4 is 32.6 Å². The molecule has 3 nitrogen and oxygen atoms in total.